The molecular formula is C17H30N2O6. The van der Waals surface area contributed by atoms with E-state index in [9.17, 15) is 14.4 Å². The molecule has 0 saturated heterocycles. The van der Waals surface area contributed by atoms with Crippen LogP contribution in [-0.2, 0) is 23.9 Å². The molecule has 8 heteroatoms. The highest BCUT2D eigenvalue weighted by Gasteiger charge is 2.38. The Bertz CT molecular complexity index is 494. The van der Waals surface area contributed by atoms with Gasteiger partial charge in [0.05, 0.1) is 32.3 Å². The Hall–Kier alpha value is -1.67. The number of esters is 1. The van der Waals surface area contributed by atoms with E-state index in [1.165, 1.54) is 7.11 Å². The number of carboxylic acids is 1. The number of aliphatic carboxylic acids is 1. The van der Waals surface area contributed by atoms with Gasteiger partial charge in [-0.25, -0.2) is 4.79 Å². The fourth-order valence-electron chi connectivity index (χ4n) is 3.40. The summed E-state index contributed by atoms with van der Waals surface area (Å²) in [5.41, 5.74) is 5.50. The number of nitrogens with one attached hydrogen (secondary N) is 1. The molecule has 1 amide bonds. The van der Waals surface area contributed by atoms with E-state index in [0.29, 0.717) is 5.92 Å². The predicted molar refractivity (Wildman–Crippen MR) is 90.7 cm³/mol. The van der Waals surface area contributed by atoms with Gasteiger partial charge in [0.25, 0.3) is 0 Å². The van der Waals surface area contributed by atoms with Gasteiger partial charge in [0.15, 0.2) is 6.04 Å². The number of nitrogens with two attached hydrogens (primary N) is 1. The largest absolute Gasteiger partial charge is 0.481 e. The summed E-state index contributed by atoms with van der Waals surface area (Å²) in [4.78, 5) is 34.6. The highest BCUT2D eigenvalue weighted by molar-refractivity contribution is 5.89. The van der Waals surface area contributed by atoms with Crippen LogP contribution < -0.4 is 11.1 Å². The third kappa shape index (κ3) is 6.28. The first-order valence-corrected chi connectivity index (χ1v) is 8.55. The van der Waals surface area contributed by atoms with Gasteiger partial charge >= 0.3 is 11.9 Å². The summed E-state index contributed by atoms with van der Waals surface area (Å²) in [7, 11) is 1.21. The fraction of sp³-hybridized carbons (Fsp3) is 0.824. The van der Waals surface area contributed by atoms with E-state index in [1.807, 2.05) is 0 Å². The first kappa shape index (κ1) is 21.4. The molecule has 0 aliphatic heterocycles. The van der Waals surface area contributed by atoms with Crippen molar-refractivity contribution in [3.8, 4) is 0 Å². The number of carbonyl (C=O) groups is 3. The molecule has 1 fully saturated rings. The molecule has 0 aromatic rings. The zero-order valence-electron chi connectivity index (χ0n) is 15.4. The van der Waals surface area contributed by atoms with Gasteiger partial charge in [0, 0.05) is 0 Å². The van der Waals surface area contributed by atoms with Crippen molar-refractivity contribution in [1.29, 1.82) is 0 Å². The van der Waals surface area contributed by atoms with Crippen molar-refractivity contribution in [1.82, 2.24) is 5.32 Å². The highest BCUT2D eigenvalue weighted by atomic mass is 16.5. The quantitative estimate of drug-likeness (QED) is 0.544. The monoisotopic (exact) mass is 358 g/mol. The zero-order valence-corrected chi connectivity index (χ0v) is 15.4. The van der Waals surface area contributed by atoms with E-state index in [0.717, 1.165) is 19.3 Å². The number of hydrogen-bond acceptors (Lipinski definition) is 6. The summed E-state index contributed by atoms with van der Waals surface area (Å²) >= 11 is 0. The lowest BCUT2D eigenvalue weighted by Gasteiger charge is -2.42. The van der Waals surface area contributed by atoms with Gasteiger partial charge in [-0.15, -0.1) is 0 Å². The average molecular weight is 358 g/mol. The standard InChI is InChI=1S/C17H30N2O6/c1-10-6-5-7-17(2,3)14(10)25-9-12(16(23)24-4)19-15(22)11(18)8-13(20)21/h10-12,14H,5-9,18H2,1-4H3,(H,19,22)(H,20,21)/t10?,11-,12-,14?/m0/s1. The van der Waals surface area contributed by atoms with Gasteiger partial charge in [0.1, 0.15) is 0 Å². The summed E-state index contributed by atoms with van der Waals surface area (Å²) in [5, 5.41) is 11.1. The Balaban J connectivity index is 2.71. The second-order valence-corrected chi connectivity index (χ2v) is 7.40. The Morgan fingerprint density at radius 2 is 2.00 bits per heavy atom. The molecule has 8 nitrogen and oxygen atoms in total. The van der Waals surface area contributed by atoms with Crippen molar-refractivity contribution in [2.45, 2.75) is 64.6 Å². The fourth-order valence-corrected chi connectivity index (χ4v) is 3.40. The van der Waals surface area contributed by atoms with E-state index < -0.39 is 36.4 Å². The summed E-state index contributed by atoms with van der Waals surface area (Å²) in [5.74, 6) is -2.23. The summed E-state index contributed by atoms with van der Waals surface area (Å²) in [6.07, 6.45) is 2.65. The average Bonchev–Trinajstić information content (AvgIpc) is 2.50. The van der Waals surface area contributed by atoms with Gasteiger partial charge in [-0.2, -0.15) is 0 Å². The van der Waals surface area contributed by atoms with Crippen molar-refractivity contribution in [2.75, 3.05) is 13.7 Å². The number of carbonyl (C=O) groups excluding carboxylic acids is 2. The molecular weight excluding hydrogens is 328 g/mol. The van der Waals surface area contributed by atoms with Gasteiger partial charge in [-0.05, 0) is 24.2 Å². The van der Waals surface area contributed by atoms with Crippen LogP contribution in [0.5, 0.6) is 0 Å². The maximum Gasteiger partial charge on any atom is 0.330 e. The maximum atomic E-state index is 12.0. The molecule has 0 aromatic heterocycles. The first-order valence-electron chi connectivity index (χ1n) is 8.55. The number of methoxy groups -OCH3 is 1. The number of ether oxygens (including phenoxy) is 2. The van der Waals surface area contributed by atoms with E-state index >= 15 is 0 Å². The molecule has 1 saturated carbocycles. The molecule has 0 spiro atoms. The van der Waals surface area contributed by atoms with Crippen molar-refractivity contribution in [3.63, 3.8) is 0 Å². The number of carboxylic acid groups (broad SMARTS) is 1. The molecule has 0 aromatic carbocycles. The molecule has 144 valence electrons. The zero-order chi connectivity index (χ0) is 19.2. The molecule has 25 heavy (non-hydrogen) atoms. The van der Waals surface area contributed by atoms with Crippen LogP contribution in [0.1, 0.15) is 46.5 Å². The first-order chi connectivity index (χ1) is 11.6. The number of amides is 1. The highest BCUT2D eigenvalue weighted by Crippen LogP contribution is 2.40. The number of rotatable bonds is 8. The van der Waals surface area contributed by atoms with Crippen LogP contribution >= 0.6 is 0 Å². The van der Waals surface area contributed by atoms with Gasteiger partial charge < -0.3 is 25.6 Å². The van der Waals surface area contributed by atoms with E-state index in [-0.39, 0.29) is 18.1 Å². The molecule has 2 unspecified atom stereocenters. The van der Waals surface area contributed by atoms with Crippen molar-refractivity contribution >= 4 is 17.8 Å². The van der Waals surface area contributed by atoms with Crippen LogP contribution in [0.4, 0.5) is 0 Å². The Morgan fingerprint density at radius 3 is 2.52 bits per heavy atom. The van der Waals surface area contributed by atoms with E-state index in [1.54, 1.807) is 0 Å². The third-order valence-electron chi connectivity index (χ3n) is 4.74. The van der Waals surface area contributed by atoms with E-state index in [2.05, 4.69) is 26.1 Å². The van der Waals surface area contributed by atoms with Crippen LogP contribution in [0.3, 0.4) is 0 Å². The summed E-state index contributed by atoms with van der Waals surface area (Å²) in [6, 6.07) is -2.27. The third-order valence-corrected chi connectivity index (χ3v) is 4.74. The Morgan fingerprint density at radius 1 is 1.36 bits per heavy atom. The molecule has 0 bridgehead atoms. The molecule has 4 N–H and O–H groups in total. The molecule has 1 aliphatic rings. The van der Waals surface area contributed by atoms with E-state index in [4.69, 9.17) is 20.3 Å². The minimum Gasteiger partial charge on any atom is -0.481 e. The lowest BCUT2D eigenvalue weighted by Crippen LogP contribution is -2.52. The van der Waals surface area contributed by atoms with Crippen LogP contribution in [0, 0.1) is 11.3 Å². The van der Waals surface area contributed by atoms with Gasteiger partial charge in [-0.3, -0.25) is 9.59 Å². The molecule has 1 aliphatic carbocycles. The lowest BCUT2D eigenvalue weighted by atomic mass is 9.70. The normalized spacial score (nSPS) is 24.8. The molecule has 4 atom stereocenters. The lowest BCUT2D eigenvalue weighted by molar-refractivity contribution is -0.151. The molecule has 0 radical (unpaired) electrons. The summed E-state index contributed by atoms with van der Waals surface area (Å²) in [6.45, 7) is 6.32. The SMILES string of the molecule is COC(=O)[C@H](COC1C(C)CCCC1(C)C)NC(=O)[C@@H](N)CC(=O)O. The minimum atomic E-state index is -1.24. The summed E-state index contributed by atoms with van der Waals surface area (Å²) < 4.78 is 10.7. The van der Waals surface area contributed by atoms with Crippen LogP contribution in [-0.4, -0.2) is 54.9 Å². The second kappa shape index (κ2) is 9.15. The maximum absolute atomic E-state index is 12.0. The van der Waals surface area contributed by atoms with Crippen molar-refractivity contribution in [3.05, 3.63) is 0 Å². The van der Waals surface area contributed by atoms with Crippen molar-refractivity contribution < 1.29 is 29.0 Å². The second-order valence-electron chi connectivity index (χ2n) is 7.40. The predicted octanol–water partition coefficient (Wildman–Crippen LogP) is 0.678. The van der Waals surface area contributed by atoms with Gasteiger partial charge in [-0.1, -0.05) is 27.2 Å². The molecule has 0 heterocycles. The van der Waals surface area contributed by atoms with Gasteiger partial charge in [0.2, 0.25) is 5.91 Å². The van der Waals surface area contributed by atoms with Crippen LogP contribution in [0.2, 0.25) is 0 Å². The van der Waals surface area contributed by atoms with Crippen molar-refractivity contribution in [2.24, 2.45) is 17.1 Å². The minimum absolute atomic E-state index is 0.0257. The topological polar surface area (TPSA) is 128 Å². The Labute approximate surface area is 148 Å². The number of hydrogen-bond donors (Lipinski definition) is 3. The van der Waals surface area contributed by atoms with Crippen LogP contribution in [0.25, 0.3) is 0 Å². The Kier molecular flexibility index (Phi) is 7.82. The van der Waals surface area contributed by atoms with Crippen LogP contribution in [0.15, 0.2) is 0 Å². The smallest absolute Gasteiger partial charge is 0.330 e. The molecule has 1 rings (SSSR count).